The second-order valence-electron chi connectivity index (χ2n) is 2.24. The Morgan fingerprint density at radius 1 is 1.69 bits per heavy atom. The fourth-order valence-corrected chi connectivity index (χ4v) is 1.19. The van der Waals surface area contributed by atoms with Gasteiger partial charge in [-0.1, -0.05) is 18.8 Å². The highest BCUT2D eigenvalue weighted by Gasteiger charge is 2.07. The molecule has 0 aliphatic rings. The predicted octanol–water partition coefficient (Wildman–Crippen LogP) is 1.27. The summed E-state index contributed by atoms with van der Waals surface area (Å²) in [5.41, 5.74) is -2.62. The molecule has 76 valence electrons. The molecule has 0 aliphatic carbocycles. The van der Waals surface area contributed by atoms with Gasteiger partial charge >= 0.3 is 5.97 Å². The Balaban J connectivity index is 3.53. The number of carbonyl (C=O) groups excluding carboxylic acids is 1. The second kappa shape index (κ2) is 5.78. The Labute approximate surface area is 87.3 Å². The van der Waals surface area contributed by atoms with Crippen LogP contribution >= 0.6 is 17.9 Å². The first-order valence-corrected chi connectivity index (χ1v) is 7.18. The summed E-state index contributed by atoms with van der Waals surface area (Å²) in [5, 5.41) is 0. The molecular weight excluding hydrogens is 231 g/mol. The standard InChI is InChI=1S/C6H11O4PS2/c1-5(2)6(7)9-3-4-10-11(8,12)13/h1,3-4H2,2H3,(H2,8,12,13). The molecule has 1 N–H and O–H groups in total. The van der Waals surface area contributed by atoms with Crippen LogP contribution in [-0.2, 0) is 25.9 Å². The minimum atomic E-state index is -2.94. The van der Waals surface area contributed by atoms with E-state index in [-0.39, 0.29) is 13.2 Å². The first kappa shape index (κ1) is 13.1. The summed E-state index contributed by atoms with van der Waals surface area (Å²) in [6.45, 7) is 5.00. The Morgan fingerprint density at radius 2 is 2.23 bits per heavy atom. The van der Waals surface area contributed by atoms with Crippen molar-refractivity contribution in [3.8, 4) is 0 Å². The van der Waals surface area contributed by atoms with E-state index >= 15 is 0 Å². The molecule has 7 heteroatoms. The van der Waals surface area contributed by atoms with Gasteiger partial charge in [-0.3, -0.25) is 0 Å². The Bertz CT molecular complexity index is 247. The Kier molecular flexibility index (Phi) is 5.83. The predicted molar refractivity (Wildman–Crippen MR) is 57.2 cm³/mol. The molecule has 0 bridgehead atoms. The molecule has 13 heavy (non-hydrogen) atoms. The molecule has 0 aliphatic heterocycles. The zero-order chi connectivity index (χ0) is 10.5. The van der Waals surface area contributed by atoms with Crippen LogP contribution in [0.5, 0.6) is 0 Å². The summed E-state index contributed by atoms with van der Waals surface area (Å²) in [6.07, 6.45) is 0. The summed E-state index contributed by atoms with van der Waals surface area (Å²) in [4.78, 5) is 19.7. The molecule has 0 saturated heterocycles. The monoisotopic (exact) mass is 242 g/mol. The van der Waals surface area contributed by atoms with Crippen molar-refractivity contribution in [2.75, 3.05) is 13.2 Å². The number of ether oxygens (including phenoxy) is 1. The molecule has 0 rings (SSSR count). The van der Waals surface area contributed by atoms with E-state index in [0.29, 0.717) is 5.57 Å². The van der Waals surface area contributed by atoms with Gasteiger partial charge in [-0.2, -0.15) is 0 Å². The fourth-order valence-electron chi connectivity index (χ4n) is 0.414. The van der Waals surface area contributed by atoms with Gasteiger partial charge in [0, 0.05) is 5.57 Å². The van der Waals surface area contributed by atoms with Crippen molar-refractivity contribution in [3.05, 3.63) is 12.2 Å². The summed E-state index contributed by atoms with van der Waals surface area (Å²) in [6, 6.07) is 0. The van der Waals surface area contributed by atoms with E-state index in [1.165, 1.54) is 6.92 Å². The van der Waals surface area contributed by atoms with E-state index in [0.717, 1.165) is 0 Å². The maximum Gasteiger partial charge on any atom is 0.333 e. The van der Waals surface area contributed by atoms with Gasteiger partial charge in [0.1, 0.15) is 6.61 Å². The molecule has 0 saturated carbocycles. The average molecular weight is 242 g/mol. The van der Waals surface area contributed by atoms with Crippen LogP contribution in [0, 0.1) is 0 Å². The van der Waals surface area contributed by atoms with Gasteiger partial charge in [-0.05, 0) is 18.7 Å². The lowest BCUT2D eigenvalue weighted by molar-refractivity contribution is -0.139. The van der Waals surface area contributed by atoms with Gasteiger partial charge in [-0.15, -0.1) is 0 Å². The normalized spacial score (nSPS) is 14.7. The lowest BCUT2D eigenvalue weighted by Gasteiger charge is -2.09. The minimum absolute atomic E-state index is 0.0329. The van der Waals surface area contributed by atoms with Gasteiger partial charge in [0.25, 0.3) is 0 Å². The lowest BCUT2D eigenvalue weighted by Crippen LogP contribution is -2.09. The van der Waals surface area contributed by atoms with Gasteiger partial charge in [-0.25, -0.2) is 4.79 Å². The van der Waals surface area contributed by atoms with Gasteiger partial charge in [0.15, 0.2) is 0 Å². The zero-order valence-corrected chi connectivity index (χ0v) is 9.70. The molecule has 0 amide bonds. The van der Waals surface area contributed by atoms with Crippen LogP contribution < -0.4 is 0 Å². The van der Waals surface area contributed by atoms with Crippen molar-refractivity contribution < 1.29 is 18.9 Å². The summed E-state index contributed by atoms with van der Waals surface area (Å²) in [7, 11) is 0. The number of rotatable bonds is 5. The molecule has 1 unspecified atom stereocenters. The third kappa shape index (κ3) is 8.46. The average Bonchev–Trinajstić information content (AvgIpc) is 1.95. The van der Waals surface area contributed by atoms with E-state index in [4.69, 9.17) is 9.42 Å². The maximum absolute atomic E-state index is 10.8. The lowest BCUT2D eigenvalue weighted by atomic mass is 10.4. The van der Waals surface area contributed by atoms with Crippen LogP contribution in [0.2, 0.25) is 0 Å². The third-order valence-corrected chi connectivity index (χ3v) is 2.11. The summed E-state index contributed by atoms with van der Waals surface area (Å²) < 4.78 is 9.36. The molecule has 0 aromatic rings. The SMILES string of the molecule is C=C(C)C(=O)OCCOP(O)(=S)S. The van der Waals surface area contributed by atoms with Crippen LogP contribution in [0.15, 0.2) is 12.2 Å². The zero-order valence-electron chi connectivity index (χ0n) is 7.10. The molecule has 0 heterocycles. The minimum Gasteiger partial charge on any atom is -0.460 e. The van der Waals surface area contributed by atoms with Crippen molar-refractivity contribution in [3.63, 3.8) is 0 Å². The van der Waals surface area contributed by atoms with E-state index in [1.54, 1.807) is 0 Å². The summed E-state index contributed by atoms with van der Waals surface area (Å²) >= 11 is 8.09. The molecule has 0 aromatic carbocycles. The quantitative estimate of drug-likeness (QED) is 0.250. The van der Waals surface area contributed by atoms with Crippen molar-refractivity contribution in [1.82, 2.24) is 0 Å². The highest BCUT2D eigenvalue weighted by molar-refractivity contribution is 8.59. The summed E-state index contributed by atoms with van der Waals surface area (Å²) in [5.74, 6) is -0.492. The fraction of sp³-hybridized carbons (Fsp3) is 0.500. The number of thiol groups is 1. The largest absolute Gasteiger partial charge is 0.460 e. The van der Waals surface area contributed by atoms with Crippen LogP contribution in [0.25, 0.3) is 0 Å². The van der Waals surface area contributed by atoms with Crippen LogP contribution in [0.1, 0.15) is 6.92 Å². The molecule has 0 spiro atoms. The number of esters is 1. The molecule has 1 atom stereocenters. The van der Waals surface area contributed by atoms with E-state index in [9.17, 15) is 4.79 Å². The Hall–Kier alpha value is 0.130. The molecule has 0 radical (unpaired) electrons. The first-order chi connectivity index (χ1) is 5.83. The molecule has 0 fully saturated rings. The van der Waals surface area contributed by atoms with E-state index in [2.05, 4.69) is 35.4 Å². The topological polar surface area (TPSA) is 55.8 Å². The second-order valence-corrected chi connectivity index (χ2v) is 7.40. The van der Waals surface area contributed by atoms with Crippen molar-refractivity contribution in [2.24, 2.45) is 0 Å². The molecular formula is C6H11O4PS2. The molecule has 4 nitrogen and oxygen atoms in total. The van der Waals surface area contributed by atoms with Gasteiger partial charge in [0.05, 0.1) is 6.61 Å². The van der Waals surface area contributed by atoms with Crippen LogP contribution in [-0.4, -0.2) is 24.1 Å². The number of carbonyl (C=O) groups is 1. The highest BCUT2D eigenvalue weighted by Crippen LogP contribution is 2.46. The van der Waals surface area contributed by atoms with Crippen LogP contribution in [0.4, 0.5) is 0 Å². The van der Waals surface area contributed by atoms with E-state index in [1.807, 2.05) is 0 Å². The van der Waals surface area contributed by atoms with Crippen molar-refractivity contribution >= 4 is 35.7 Å². The third-order valence-electron chi connectivity index (χ3n) is 0.924. The van der Waals surface area contributed by atoms with Crippen molar-refractivity contribution in [1.29, 1.82) is 0 Å². The smallest absolute Gasteiger partial charge is 0.333 e. The van der Waals surface area contributed by atoms with Crippen LogP contribution in [0.3, 0.4) is 0 Å². The number of hydrogen-bond donors (Lipinski definition) is 2. The molecule has 0 aromatic heterocycles. The van der Waals surface area contributed by atoms with E-state index < -0.39 is 11.7 Å². The number of hydrogen-bond acceptors (Lipinski definition) is 4. The first-order valence-electron chi connectivity index (χ1n) is 3.35. The highest BCUT2D eigenvalue weighted by atomic mass is 32.9. The Morgan fingerprint density at radius 3 is 2.62 bits per heavy atom. The maximum atomic E-state index is 10.8. The van der Waals surface area contributed by atoms with Gasteiger partial charge in [0.2, 0.25) is 5.69 Å². The van der Waals surface area contributed by atoms with Crippen molar-refractivity contribution in [2.45, 2.75) is 6.92 Å². The van der Waals surface area contributed by atoms with Gasteiger partial charge < -0.3 is 14.2 Å².